The van der Waals surface area contributed by atoms with Gasteiger partial charge in [-0.25, -0.2) is 9.78 Å². The molecule has 1 aromatic carbocycles. The van der Waals surface area contributed by atoms with Crippen LogP contribution < -0.4 is 5.32 Å². The van der Waals surface area contributed by atoms with E-state index in [0.717, 1.165) is 41.1 Å². The second kappa shape index (κ2) is 6.55. The van der Waals surface area contributed by atoms with Gasteiger partial charge in [-0.2, -0.15) is 0 Å². The molecule has 0 amide bonds. The van der Waals surface area contributed by atoms with Crippen molar-refractivity contribution in [2.45, 2.75) is 38.8 Å². The number of carboxylic acids is 1. The molecule has 0 bridgehead atoms. The molecule has 3 heterocycles. The quantitative estimate of drug-likeness (QED) is 0.762. The van der Waals surface area contributed by atoms with Crippen LogP contribution in [0.15, 0.2) is 36.7 Å². The summed E-state index contributed by atoms with van der Waals surface area (Å²) in [7, 11) is 0. The maximum absolute atomic E-state index is 11.4. The average Bonchev–Trinajstić information content (AvgIpc) is 2.85. The highest BCUT2D eigenvalue weighted by Crippen LogP contribution is 2.25. The molecule has 3 aromatic rings. The van der Waals surface area contributed by atoms with Crippen LogP contribution in [0.25, 0.3) is 10.9 Å². The van der Waals surface area contributed by atoms with Crippen molar-refractivity contribution >= 4 is 22.6 Å². The summed E-state index contributed by atoms with van der Waals surface area (Å²) in [6.07, 6.45) is 8.28. The van der Waals surface area contributed by atoms with Gasteiger partial charge in [0.05, 0.1) is 35.2 Å². The number of carboxylic acid groups (broad SMARTS) is 1. The molecule has 0 saturated heterocycles. The lowest BCUT2D eigenvalue weighted by Crippen LogP contribution is -2.10. The third-order valence-electron chi connectivity index (χ3n) is 4.71. The molecule has 6 heteroatoms. The summed E-state index contributed by atoms with van der Waals surface area (Å²) in [5.41, 5.74) is 2.90. The Labute approximate surface area is 145 Å². The van der Waals surface area contributed by atoms with Gasteiger partial charge in [-0.05, 0) is 31.0 Å². The largest absolute Gasteiger partial charge is 0.478 e. The Morgan fingerprint density at radius 1 is 1.24 bits per heavy atom. The molecule has 4 rings (SSSR count). The lowest BCUT2D eigenvalue weighted by atomic mass is 10.1. The van der Waals surface area contributed by atoms with Gasteiger partial charge in [0.2, 0.25) is 0 Å². The molecule has 128 valence electrons. The monoisotopic (exact) mass is 336 g/mol. The van der Waals surface area contributed by atoms with E-state index in [2.05, 4.69) is 19.9 Å². The van der Waals surface area contributed by atoms with Gasteiger partial charge in [0.15, 0.2) is 0 Å². The maximum atomic E-state index is 11.4. The van der Waals surface area contributed by atoms with Gasteiger partial charge < -0.3 is 15.0 Å². The number of anilines is 1. The summed E-state index contributed by atoms with van der Waals surface area (Å²) < 4.78 is 2.29. The zero-order valence-corrected chi connectivity index (χ0v) is 13.9. The van der Waals surface area contributed by atoms with Gasteiger partial charge in [0.25, 0.3) is 0 Å². The Kier molecular flexibility index (Phi) is 4.09. The number of aryl methyl sites for hydroxylation is 1. The van der Waals surface area contributed by atoms with Gasteiger partial charge in [-0.15, -0.1) is 0 Å². The molecule has 0 unspecified atom stereocenters. The molecule has 1 aliphatic rings. The molecular weight excluding hydrogens is 316 g/mol. The Morgan fingerprint density at radius 2 is 2.16 bits per heavy atom. The number of nitrogens with zero attached hydrogens (tertiary/aromatic N) is 3. The lowest BCUT2D eigenvalue weighted by molar-refractivity contribution is 0.0697. The van der Waals surface area contributed by atoms with Gasteiger partial charge in [-0.1, -0.05) is 12.5 Å². The number of nitrogens with one attached hydrogen (secondary N) is 1. The highest BCUT2D eigenvalue weighted by Gasteiger charge is 2.14. The second-order valence-electron chi connectivity index (χ2n) is 6.39. The minimum absolute atomic E-state index is 0.259. The number of rotatable bonds is 4. The molecule has 0 aliphatic carbocycles. The highest BCUT2D eigenvalue weighted by atomic mass is 16.4. The Hall–Kier alpha value is -2.89. The molecule has 0 atom stereocenters. The highest BCUT2D eigenvalue weighted by molar-refractivity contribution is 5.99. The summed E-state index contributed by atoms with van der Waals surface area (Å²) in [6, 6.07) is 7.00. The van der Waals surface area contributed by atoms with E-state index >= 15 is 0 Å². The van der Waals surface area contributed by atoms with Crippen molar-refractivity contribution < 1.29 is 9.90 Å². The fourth-order valence-electron chi connectivity index (χ4n) is 3.43. The zero-order valence-electron chi connectivity index (χ0n) is 13.9. The predicted octanol–water partition coefficient (Wildman–Crippen LogP) is 3.47. The van der Waals surface area contributed by atoms with Gasteiger partial charge in [0, 0.05) is 24.5 Å². The van der Waals surface area contributed by atoms with Crippen molar-refractivity contribution in [3.8, 4) is 0 Å². The van der Waals surface area contributed by atoms with Crippen molar-refractivity contribution in [2.24, 2.45) is 0 Å². The fourth-order valence-corrected chi connectivity index (χ4v) is 3.43. The zero-order chi connectivity index (χ0) is 17.2. The molecule has 0 fully saturated rings. The van der Waals surface area contributed by atoms with Crippen LogP contribution in [0.3, 0.4) is 0 Å². The Balaban J connectivity index is 1.65. The third-order valence-corrected chi connectivity index (χ3v) is 4.71. The van der Waals surface area contributed by atoms with Gasteiger partial charge in [-0.3, -0.25) is 4.98 Å². The van der Waals surface area contributed by atoms with Crippen molar-refractivity contribution in [2.75, 3.05) is 5.32 Å². The molecule has 25 heavy (non-hydrogen) atoms. The number of benzene rings is 1. The molecule has 0 radical (unpaired) electrons. The van der Waals surface area contributed by atoms with Crippen LogP contribution in [0.5, 0.6) is 0 Å². The first kappa shape index (κ1) is 15.6. The topological polar surface area (TPSA) is 80.0 Å². The minimum atomic E-state index is -0.938. The van der Waals surface area contributed by atoms with Crippen LogP contribution in [0, 0.1) is 0 Å². The molecule has 2 aromatic heterocycles. The first-order valence-electron chi connectivity index (χ1n) is 8.61. The van der Waals surface area contributed by atoms with Gasteiger partial charge >= 0.3 is 5.97 Å². The molecule has 1 aliphatic heterocycles. The lowest BCUT2D eigenvalue weighted by Gasteiger charge is -2.13. The molecule has 0 spiro atoms. The Bertz CT molecular complexity index is 932. The summed E-state index contributed by atoms with van der Waals surface area (Å²) in [4.78, 5) is 20.4. The van der Waals surface area contributed by atoms with Crippen LogP contribution in [-0.4, -0.2) is 25.6 Å². The number of imidazole rings is 1. The van der Waals surface area contributed by atoms with E-state index in [1.165, 1.54) is 19.3 Å². The number of fused-ring (bicyclic) bond motifs is 2. The predicted molar refractivity (Wildman–Crippen MR) is 95.8 cm³/mol. The van der Waals surface area contributed by atoms with E-state index in [9.17, 15) is 9.90 Å². The first-order chi connectivity index (χ1) is 12.2. The summed E-state index contributed by atoms with van der Waals surface area (Å²) >= 11 is 0. The van der Waals surface area contributed by atoms with E-state index in [0.29, 0.717) is 6.54 Å². The normalized spacial score (nSPS) is 14.1. The molecule has 6 nitrogen and oxygen atoms in total. The van der Waals surface area contributed by atoms with E-state index in [1.54, 1.807) is 18.3 Å². The van der Waals surface area contributed by atoms with Crippen molar-refractivity contribution in [1.82, 2.24) is 14.5 Å². The standard InChI is InChI=1S/C19H20N4O2/c24-19(25)14-9-13-5-4-7-20-18(13)16(10-14)21-11-15-12-22-17-6-2-1-3-8-23(15)17/h4-5,7,9-10,12,21H,1-3,6,8,11H2,(H,24,25). The maximum Gasteiger partial charge on any atom is 0.335 e. The summed E-state index contributed by atoms with van der Waals surface area (Å²) in [6.45, 7) is 1.60. The molecule has 2 N–H and O–H groups in total. The van der Waals surface area contributed by atoms with Crippen LogP contribution >= 0.6 is 0 Å². The SMILES string of the molecule is O=C(O)c1cc(NCc2cnc3n2CCCCC3)c2ncccc2c1. The average molecular weight is 336 g/mol. The van der Waals surface area contributed by atoms with Crippen molar-refractivity contribution in [3.05, 3.63) is 53.7 Å². The smallest absolute Gasteiger partial charge is 0.335 e. The number of aromatic nitrogens is 3. The van der Waals surface area contributed by atoms with E-state index in [-0.39, 0.29) is 5.56 Å². The van der Waals surface area contributed by atoms with Gasteiger partial charge in [0.1, 0.15) is 5.82 Å². The number of pyridine rings is 1. The second-order valence-corrected chi connectivity index (χ2v) is 6.39. The van der Waals surface area contributed by atoms with E-state index < -0.39 is 5.97 Å². The summed E-state index contributed by atoms with van der Waals surface area (Å²) in [5, 5.41) is 13.5. The van der Waals surface area contributed by atoms with Crippen molar-refractivity contribution in [1.29, 1.82) is 0 Å². The third kappa shape index (κ3) is 3.07. The minimum Gasteiger partial charge on any atom is -0.478 e. The van der Waals surface area contributed by atoms with E-state index in [4.69, 9.17) is 0 Å². The first-order valence-corrected chi connectivity index (χ1v) is 8.61. The van der Waals surface area contributed by atoms with E-state index in [1.807, 2.05) is 18.3 Å². The van der Waals surface area contributed by atoms with Crippen LogP contribution in [0.4, 0.5) is 5.69 Å². The summed E-state index contributed by atoms with van der Waals surface area (Å²) in [5.74, 6) is 0.212. The van der Waals surface area contributed by atoms with Crippen molar-refractivity contribution in [3.63, 3.8) is 0 Å². The van der Waals surface area contributed by atoms with Crippen LogP contribution in [-0.2, 0) is 19.5 Å². The number of aromatic carboxylic acids is 1. The number of hydrogen-bond acceptors (Lipinski definition) is 4. The van der Waals surface area contributed by atoms with Crippen LogP contribution in [0.1, 0.15) is 41.1 Å². The van der Waals surface area contributed by atoms with Crippen LogP contribution in [0.2, 0.25) is 0 Å². The Morgan fingerprint density at radius 3 is 3.04 bits per heavy atom. The molecular formula is C19H20N4O2. The number of carbonyl (C=O) groups is 1. The molecule has 0 saturated carbocycles. The fraction of sp³-hybridized carbons (Fsp3) is 0.316. The number of hydrogen-bond donors (Lipinski definition) is 2.